The highest BCUT2D eigenvalue weighted by atomic mass is 16.6. The first-order valence-electron chi connectivity index (χ1n) is 27.4. The number of carbonyl (C=O) groups is 3. The van der Waals surface area contributed by atoms with E-state index in [0.717, 1.165) is 63.7 Å². The molecule has 0 amide bonds. The molecule has 0 bridgehead atoms. The number of carbonyl (C=O) groups excluding carboxylic acids is 3. The fourth-order valence-corrected chi connectivity index (χ4v) is 8.36. The summed E-state index contributed by atoms with van der Waals surface area (Å²) < 4.78 is 16.8. The summed E-state index contributed by atoms with van der Waals surface area (Å²) in [5, 5.41) is 0. The molecule has 0 aromatic heterocycles. The zero-order valence-corrected chi connectivity index (χ0v) is 41.6. The fraction of sp³-hybridized carbons (Fsp3) is 0.945. The van der Waals surface area contributed by atoms with Gasteiger partial charge in [0.15, 0.2) is 6.10 Å². The van der Waals surface area contributed by atoms with Crippen LogP contribution in [-0.4, -0.2) is 37.2 Å². The third-order valence-corrected chi connectivity index (χ3v) is 12.9. The molecule has 0 aromatic carbocycles. The quantitative estimate of drug-likeness (QED) is 0.0344. The van der Waals surface area contributed by atoms with Crippen LogP contribution in [0.2, 0.25) is 0 Å². The van der Waals surface area contributed by atoms with E-state index in [1.54, 1.807) is 0 Å². The molecule has 0 rings (SSSR count). The first-order chi connectivity index (χ1) is 29.9. The van der Waals surface area contributed by atoms with E-state index in [2.05, 4.69) is 27.7 Å². The largest absolute Gasteiger partial charge is 0.462 e. The number of rotatable bonds is 50. The average molecular weight is 863 g/mol. The fourth-order valence-electron chi connectivity index (χ4n) is 8.36. The third kappa shape index (κ3) is 47.7. The smallest absolute Gasteiger partial charge is 0.306 e. The SMILES string of the molecule is CCCCCCCCCCCCCCCCCC(=O)OC[C@H](COC(=O)CCCCCCCCCCCC)OC(=O)CCCCCCCCCCCCCCCCC(C)CC. The highest BCUT2D eigenvalue weighted by Gasteiger charge is 2.19. The van der Waals surface area contributed by atoms with Crippen LogP contribution in [0.5, 0.6) is 0 Å². The number of hydrogen-bond acceptors (Lipinski definition) is 6. The van der Waals surface area contributed by atoms with Gasteiger partial charge in [0.25, 0.3) is 0 Å². The van der Waals surface area contributed by atoms with Crippen molar-refractivity contribution in [2.24, 2.45) is 5.92 Å². The van der Waals surface area contributed by atoms with Gasteiger partial charge in [0.1, 0.15) is 13.2 Å². The van der Waals surface area contributed by atoms with E-state index in [0.29, 0.717) is 19.3 Å². The Labute approximate surface area is 380 Å². The Balaban J connectivity index is 4.26. The van der Waals surface area contributed by atoms with Crippen molar-refractivity contribution in [3.8, 4) is 0 Å². The van der Waals surface area contributed by atoms with Gasteiger partial charge in [0.2, 0.25) is 0 Å². The van der Waals surface area contributed by atoms with E-state index >= 15 is 0 Å². The predicted octanol–water partition coefficient (Wildman–Crippen LogP) is 17.8. The zero-order valence-electron chi connectivity index (χ0n) is 41.6. The lowest BCUT2D eigenvalue weighted by atomic mass is 9.99. The molecule has 0 fully saturated rings. The normalized spacial score (nSPS) is 12.4. The molecule has 0 aliphatic carbocycles. The van der Waals surface area contributed by atoms with Gasteiger partial charge in [0, 0.05) is 19.3 Å². The molecule has 0 saturated carbocycles. The third-order valence-electron chi connectivity index (χ3n) is 12.9. The van der Waals surface area contributed by atoms with Gasteiger partial charge >= 0.3 is 17.9 Å². The molecular formula is C55H106O6. The summed E-state index contributed by atoms with van der Waals surface area (Å²) >= 11 is 0. The summed E-state index contributed by atoms with van der Waals surface area (Å²) in [6, 6.07) is 0. The van der Waals surface area contributed by atoms with Crippen molar-refractivity contribution in [2.75, 3.05) is 13.2 Å². The van der Waals surface area contributed by atoms with Crippen LogP contribution in [0.1, 0.15) is 310 Å². The van der Waals surface area contributed by atoms with Crippen LogP contribution in [0, 0.1) is 5.92 Å². The van der Waals surface area contributed by atoms with Gasteiger partial charge in [-0.1, -0.05) is 272 Å². The molecule has 6 nitrogen and oxygen atoms in total. The summed E-state index contributed by atoms with van der Waals surface area (Å²) in [4.78, 5) is 38.0. The maximum Gasteiger partial charge on any atom is 0.306 e. The molecule has 0 N–H and O–H groups in total. The molecule has 0 spiro atoms. The molecule has 0 radical (unpaired) electrons. The van der Waals surface area contributed by atoms with Crippen molar-refractivity contribution in [1.82, 2.24) is 0 Å². The van der Waals surface area contributed by atoms with E-state index in [4.69, 9.17) is 14.2 Å². The monoisotopic (exact) mass is 863 g/mol. The second kappa shape index (κ2) is 49.4. The molecule has 6 heteroatoms. The minimum absolute atomic E-state index is 0.0623. The Morgan fingerprint density at radius 3 is 0.852 bits per heavy atom. The summed E-state index contributed by atoms with van der Waals surface area (Å²) in [6.07, 6.45) is 52.2. The van der Waals surface area contributed by atoms with E-state index in [1.165, 1.54) is 205 Å². The first kappa shape index (κ1) is 59.4. The molecule has 362 valence electrons. The van der Waals surface area contributed by atoms with Crippen molar-refractivity contribution >= 4 is 17.9 Å². The molecule has 0 heterocycles. The number of unbranched alkanes of at least 4 members (excludes halogenated alkanes) is 36. The van der Waals surface area contributed by atoms with Crippen LogP contribution >= 0.6 is 0 Å². The molecule has 0 aliphatic rings. The highest BCUT2D eigenvalue weighted by molar-refractivity contribution is 5.71. The summed E-state index contributed by atoms with van der Waals surface area (Å²) in [5.41, 5.74) is 0. The topological polar surface area (TPSA) is 78.9 Å². The Hall–Kier alpha value is -1.59. The van der Waals surface area contributed by atoms with Crippen LogP contribution in [-0.2, 0) is 28.6 Å². The molecule has 0 aliphatic heterocycles. The average Bonchev–Trinajstić information content (AvgIpc) is 3.26. The lowest BCUT2D eigenvalue weighted by Gasteiger charge is -2.18. The lowest BCUT2D eigenvalue weighted by molar-refractivity contribution is -0.167. The first-order valence-corrected chi connectivity index (χ1v) is 27.4. The van der Waals surface area contributed by atoms with Gasteiger partial charge in [-0.3, -0.25) is 14.4 Å². The van der Waals surface area contributed by atoms with E-state index in [-0.39, 0.29) is 31.1 Å². The Morgan fingerprint density at radius 2 is 0.574 bits per heavy atom. The molecular weight excluding hydrogens is 757 g/mol. The van der Waals surface area contributed by atoms with E-state index < -0.39 is 6.10 Å². The van der Waals surface area contributed by atoms with Gasteiger partial charge < -0.3 is 14.2 Å². The zero-order chi connectivity index (χ0) is 44.5. The van der Waals surface area contributed by atoms with Gasteiger partial charge in [-0.2, -0.15) is 0 Å². The van der Waals surface area contributed by atoms with E-state index in [9.17, 15) is 14.4 Å². The van der Waals surface area contributed by atoms with Gasteiger partial charge in [0.05, 0.1) is 0 Å². The highest BCUT2D eigenvalue weighted by Crippen LogP contribution is 2.18. The number of ether oxygens (including phenoxy) is 3. The van der Waals surface area contributed by atoms with Crippen molar-refractivity contribution < 1.29 is 28.6 Å². The maximum absolute atomic E-state index is 12.8. The van der Waals surface area contributed by atoms with Crippen LogP contribution in [0.25, 0.3) is 0 Å². The van der Waals surface area contributed by atoms with Crippen LogP contribution < -0.4 is 0 Å². The van der Waals surface area contributed by atoms with Gasteiger partial charge in [-0.15, -0.1) is 0 Å². The van der Waals surface area contributed by atoms with Crippen LogP contribution in [0.3, 0.4) is 0 Å². The Morgan fingerprint density at radius 1 is 0.328 bits per heavy atom. The molecule has 1 unspecified atom stereocenters. The Kier molecular flexibility index (Phi) is 48.1. The predicted molar refractivity (Wildman–Crippen MR) is 261 cm³/mol. The second-order valence-corrected chi connectivity index (χ2v) is 19.1. The van der Waals surface area contributed by atoms with Crippen LogP contribution in [0.4, 0.5) is 0 Å². The van der Waals surface area contributed by atoms with Crippen molar-refractivity contribution in [3.63, 3.8) is 0 Å². The molecule has 2 atom stereocenters. The Bertz CT molecular complexity index is 920. The van der Waals surface area contributed by atoms with Gasteiger partial charge in [-0.05, 0) is 25.2 Å². The lowest BCUT2D eigenvalue weighted by Crippen LogP contribution is -2.30. The molecule has 0 aromatic rings. The number of hydrogen-bond donors (Lipinski definition) is 0. The summed E-state index contributed by atoms with van der Waals surface area (Å²) in [5.74, 6) is 0.0534. The molecule has 61 heavy (non-hydrogen) atoms. The molecule has 0 saturated heterocycles. The summed E-state index contributed by atoms with van der Waals surface area (Å²) in [6.45, 7) is 9.07. The second-order valence-electron chi connectivity index (χ2n) is 19.1. The van der Waals surface area contributed by atoms with Crippen molar-refractivity contribution in [1.29, 1.82) is 0 Å². The summed E-state index contributed by atoms with van der Waals surface area (Å²) in [7, 11) is 0. The minimum atomic E-state index is -0.760. The maximum atomic E-state index is 12.8. The van der Waals surface area contributed by atoms with Gasteiger partial charge in [-0.25, -0.2) is 0 Å². The van der Waals surface area contributed by atoms with Crippen molar-refractivity contribution in [2.45, 2.75) is 316 Å². The van der Waals surface area contributed by atoms with Crippen LogP contribution in [0.15, 0.2) is 0 Å². The van der Waals surface area contributed by atoms with Crippen molar-refractivity contribution in [3.05, 3.63) is 0 Å². The van der Waals surface area contributed by atoms with E-state index in [1.807, 2.05) is 0 Å². The number of esters is 3. The standard InChI is InChI=1S/C55H106O6/c1-5-8-10-12-14-16-18-19-20-24-27-31-35-39-43-47-54(57)60-50-52(49-59-53(56)46-42-38-34-30-17-15-13-11-9-6-2)61-55(58)48-44-40-36-32-28-25-22-21-23-26-29-33-37-41-45-51(4)7-3/h51-52H,5-50H2,1-4H3/t51?,52-/m0/s1. The minimum Gasteiger partial charge on any atom is -0.462 e.